The molecule has 2 nitrogen and oxygen atoms in total. The normalized spacial score (nSPS) is 34.3. The van der Waals surface area contributed by atoms with Gasteiger partial charge >= 0.3 is 0 Å². The van der Waals surface area contributed by atoms with Crippen molar-refractivity contribution in [2.24, 2.45) is 5.41 Å². The monoisotopic (exact) mass is 129 g/mol. The Morgan fingerprint density at radius 2 is 2.22 bits per heavy atom. The fourth-order valence-electron chi connectivity index (χ4n) is 1.16. The van der Waals surface area contributed by atoms with E-state index in [1.807, 2.05) is 0 Å². The van der Waals surface area contributed by atoms with Gasteiger partial charge in [0.25, 0.3) is 0 Å². The standard InChI is InChI=1S/C7H15NO/c1-7(2)5-8-4-3-6(7)9/h6,8-9H,3-5H2,1-2H3/t6-/m1/s1. The zero-order valence-corrected chi connectivity index (χ0v) is 6.15. The van der Waals surface area contributed by atoms with E-state index < -0.39 is 0 Å². The summed E-state index contributed by atoms with van der Waals surface area (Å²) in [5.74, 6) is 0. The molecule has 0 spiro atoms. The van der Waals surface area contributed by atoms with Crippen molar-refractivity contribution >= 4 is 0 Å². The molecule has 9 heavy (non-hydrogen) atoms. The molecule has 0 aliphatic carbocycles. The molecule has 1 rings (SSSR count). The van der Waals surface area contributed by atoms with Gasteiger partial charge in [0.15, 0.2) is 0 Å². The van der Waals surface area contributed by atoms with Gasteiger partial charge in [0.2, 0.25) is 0 Å². The smallest absolute Gasteiger partial charge is 0.0615 e. The Bertz CT molecular complexity index is 101. The third-order valence-corrected chi connectivity index (χ3v) is 2.08. The minimum absolute atomic E-state index is 0.0816. The molecule has 0 radical (unpaired) electrons. The summed E-state index contributed by atoms with van der Waals surface area (Å²) in [6.45, 7) is 6.08. The molecule has 0 aromatic heterocycles. The van der Waals surface area contributed by atoms with Gasteiger partial charge in [0, 0.05) is 12.0 Å². The zero-order chi connectivity index (χ0) is 6.91. The SMILES string of the molecule is CC1(C)CNCC[C@H]1O. The summed E-state index contributed by atoms with van der Waals surface area (Å²) >= 11 is 0. The summed E-state index contributed by atoms with van der Waals surface area (Å²) < 4.78 is 0. The average molecular weight is 129 g/mol. The molecule has 0 saturated carbocycles. The van der Waals surface area contributed by atoms with Crippen LogP contribution in [0.1, 0.15) is 20.3 Å². The second-order valence-corrected chi connectivity index (χ2v) is 3.47. The molecule has 0 aromatic carbocycles. The lowest BCUT2D eigenvalue weighted by Gasteiger charge is -2.35. The van der Waals surface area contributed by atoms with Crippen molar-refractivity contribution < 1.29 is 5.11 Å². The number of aliphatic hydroxyl groups is 1. The lowest BCUT2D eigenvalue weighted by molar-refractivity contribution is 0.0242. The second-order valence-electron chi connectivity index (χ2n) is 3.47. The fourth-order valence-corrected chi connectivity index (χ4v) is 1.16. The van der Waals surface area contributed by atoms with Gasteiger partial charge in [-0.2, -0.15) is 0 Å². The van der Waals surface area contributed by atoms with Crippen LogP contribution in [0.4, 0.5) is 0 Å². The van der Waals surface area contributed by atoms with E-state index in [2.05, 4.69) is 19.2 Å². The number of rotatable bonds is 0. The minimum atomic E-state index is -0.112. The Morgan fingerprint density at radius 3 is 2.56 bits per heavy atom. The third kappa shape index (κ3) is 1.43. The maximum atomic E-state index is 9.40. The van der Waals surface area contributed by atoms with Gasteiger partial charge in [-0.25, -0.2) is 0 Å². The molecule has 1 fully saturated rings. The maximum absolute atomic E-state index is 9.40. The van der Waals surface area contributed by atoms with Crippen molar-refractivity contribution in [3.05, 3.63) is 0 Å². The van der Waals surface area contributed by atoms with Gasteiger partial charge in [0.1, 0.15) is 0 Å². The highest BCUT2D eigenvalue weighted by Gasteiger charge is 2.29. The van der Waals surface area contributed by atoms with Gasteiger partial charge < -0.3 is 10.4 Å². The van der Waals surface area contributed by atoms with E-state index in [-0.39, 0.29) is 11.5 Å². The highest BCUT2D eigenvalue weighted by Crippen LogP contribution is 2.24. The van der Waals surface area contributed by atoms with Crippen LogP contribution >= 0.6 is 0 Å². The van der Waals surface area contributed by atoms with Gasteiger partial charge in [-0.1, -0.05) is 13.8 Å². The topological polar surface area (TPSA) is 32.3 Å². The lowest BCUT2D eigenvalue weighted by atomic mass is 9.82. The summed E-state index contributed by atoms with van der Waals surface area (Å²) in [5, 5.41) is 12.6. The van der Waals surface area contributed by atoms with Gasteiger partial charge in [-0.05, 0) is 13.0 Å². The Morgan fingerprint density at radius 1 is 1.56 bits per heavy atom. The van der Waals surface area contributed by atoms with Crippen LogP contribution in [0.2, 0.25) is 0 Å². The summed E-state index contributed by atoms with van der Waals surface area (Å²) in [7, 11) is 0. The molecule has 0 aromatic rings. The number of hydrogen-bond donors (Lipinski definition) is 2. The van der Waals surface area contributed by atoms with Crippen LogP contribution in [0.3, 0.4) is 0 Å². The predicted octanol–water partition coefficient (Wildman–Crippen LogP) is 0.367. The van der Waals surface area contributed by atoms with Crippen LogP contribution in [-0.4, -0.2) is 24.3 Å². The van der Waals surface area contributed by atoms with Crippen molar-refractivity contribution in [3.63, 3.8) is 0 Å². The van der Waals surface area contributed by atoms with Crippen molar-refractivity contribution in [2.75, 3.05) is 13.1 Å². The number of aliphatic hydroxyl groups excluding tert-OH is 1. The van der Waals surface area contributed by atoms with Crippen molar-refractivity contribution in [1.82, 2.24) is 5.32 Å². The van der Waals surface area contributed by atoms with Crippen molar-refractivity contribution in [1.29, 1.82) is 0 Å². The first kappa shape index (κ1) is 7.03. The Kier molecular flexibility index (Phi) is 1.78. The predicted molar refractivity (Wildman–Crippen MR) is 37.3 cm³/mol. The van der Waals surface area contributed by atoms with Crippen LogP contribution in [0.25, 0.3) is 0 Å². The van der Waals surface area contributed by atoms with Crippen LogP contribution in [0.5, 0.6) is 0 Å². The molecule has 1 heterocycles. The molecule has 1 saturated heterocycles. The van der Waals surface area contributed by atoms with E-state index >= 15 is 0 Å². The molecule has 0 amide bonds. The van der Waals surface area contributed by atoms with Crippen LogP contribution in [-0.2, 0) is 0 Å². The molecule has 0 unspecified atom stereocenters. The molecule has 1 atom stereocenters. The molecular formula is C7H15NO. The summed E-state index contributed by atoms with van der Waals surface area (Å²) in [6, 6.07) is 0. The molecule has 2 N–H and O–H groups in total. The fraction of sp³-hybridized carbons (Fsp3) is 1.00. The molecular weight excluding hydrogens is 114 g/mol. The Hall–Kier alpha value is -0.0800. The molecule has 1 aliphatic heterocycles. The lowest BCUT2D eigenvalue weighted by Crippen LogP contribution is -2.45. The van der Waals surface area contributed by atoms with E-state index in [4.69, 9.17) is 0 Å². The second kappa shape index (κ2) is 2.27. The van der Waals surface area contributed by atoms with Gasteiger partial charge in [0.05, 0.1) is 6.10 Å². The first-order chi connectivity index (χ1) is 4.13. The average Bonchev–Trinajstić information content (AvgIpc) is 1.77. The third-order valence-electron chi connectivity index (χ3n) is 2.08. The van der Waals surface area contributed by atoms with Gasteiger partial charge in [-0.3, -0.25) is 0 Å². The quantitative estimate of drug-likeness (QED) is 0.495. The van der Waals surface area contributed by atoms with Crippen LogP contribution in [0.15, 0.2) is 0 Å². The van der Waals surface area contributed by atoms with E-state index in [1.54, 1.807) is 0 Å². The first-order valence-electron chi connectivity index (χ1n) is 3.52. The van der Waals surface area contributed by atoms with E-state index in [9.17, 15) is 5.11 Å². The van der Waals surface area contributed by atoms with Gasteiger partial charge in [-0.15, -0.1) is 0 Å². The summed E-state index contributed by atoms with van der Waals surface area (Å²) in [4.78, 5) is 0. The summed E-state index contributed by atoms with van der Waals surface area (Å²) in [5.41, 5.74) is 0.0816. The van der Waals surface area contributed by atoms with E-state index in [0.717, 1.165) is 19.5 Å². The molecule has 0 bridgehead atoms. The number of nitrogens with one attached hydrogen (secondary N) is 1. The Labute approximate surface area is 56.3 Å². The van der Waals surface area contributed by atoms with Crippen molar-refractivity contribution in [3.8, 4) is 0 Å². The van der Waals surface area contributed by atoms with E-state index in [1.165, 1.54) is 0 Å². The highest BCUT2D eigenvalue weighted by molar-refractivity contribution is 4.84. The maximum Gasteiger partial charge on any atom is 0.0615 e. The van der Waals surface area contributed by atoms with E-state index in [0.29, 0.717) is 0 Å². The largest absolute Gasteiger partial charge is 0.392 e. The minimum Gasteiger partial charge on any atom is -0.392 e. The number of piperidine rings is 1. The van der Waals surface area contributed by atoms with Crippen LogP contribution < -0.4 is 5.32 Å². The van der Waals surface area contributed by atoms with Crippen molar-refractivity contribution in [2.45, 2.75) is 26.4 Å². The summed E-state index contributed by atoms with van der Waals surface area (Å²) in [6.07, 6.45) is 0.784. The molecule has 54 valence electrons. The number of hydrogen-bond acceptors (Lipinski definition) is 2. The molecule has 2 heteroatoms. The highest BCUT2D eigenvalue weighted by atomic mass is 16.3. The van der Waals surface area contributed by atoms with Crippen LogP contribution in [0, 0.1) is 5.41 Å². The Balaban J connectivity index is 2.49. The zero-order valence-electron chi connectivity index (χ0n) is 6.15. The first-order valence-corrected chi connectivity index (χ1v) is 3.52. The molecule has 1 aliphatic rings.